The standard InChI is InChI=1S/C19H27NO7/c1-23-15-8-6-14(12-16(15)24-2)7-9-17(21)20(11-10-18(22)25-3)13-19(26-4)27-5/h6-9,12,19H,10-11,13H2,1-5H3/b9-7+. The van der Waals surface area contributed by atoms with E-state index in [4.69, 9.17) is 18.9 Å². The summed E-state index contributed by atoms with van der Waals surface area (Å²) >= 11 is 0. The summed E-state index contributed by atoms with van der Waals surface area (Å²) in [6, 6.07) is 5.31. The fraction of sp³-hybridized carbons (Fsp3) is 0.474. The van der Waals surface area contributed by atoms with Crippen LogP contribution in [0.2, 0.25) is 0 Å². The van der Waals surface area contributed by atoms with Crippen LogP contribution in [0.4, 0.5) is 0 Å². The molecular formula is C19H27NO7. The second-order valence-corrected chi connectivity index (χ2v) is 5.46. The van der Waals surface area contributed by atoms with Crippen molar-refractivity contribution in [1.82, 2.24) is 4.90 Å². The van der Waals surface area contributed by atoms with E-state index in [0.29, 0.717) is 11.5 Å². The largest absolute Gasteiger partial charge is 0.493 e. The first-order chi connectivity index (χ1) is 13.0. The minimum Gasteiger partial charge on any atom is -0.493 e. The summed E-state index contributed by atoms with van der Waals surface area (Å²) in [5, 5.41) is 0. The molecule has 1 aromatic rings. The highest BCUT2D eigenvalue weighted by Crippen LogP contribution is 2.27. The molecular weight excluding hydrogens is 354 g/mol. The van der Waals surface area contributed by atoms with Gasteiger partial charge in [-0.25, -0.2) is 0 Å². The van der Waals surface area contributed by atoms with Crippen LogP contribution < -0.4 is 9.47 Å². The van der Waals surface area contributed by atoms with E-state index >= 15 is 0 Å². The number of hydrogen-bond acceptors (Lipinski definition) is 7. The first kappa shape index (κ1) is 22.5. The molecule has 0 bridgehead atoms. The predicted octanol–water partition coefficient (Wildman–Crippen LogP) is 1.73. The third kappa shape index (κ3) is 7.28. The minimum atomic E-state index is -0.596. The average Bonchev–Trinajstić information content (AvgIpc) is 2.71. The van der Waals surface area contributed by atoms with Crippen LogP contribution in [0, 0.1) is 0 Å². The van der Waals surface area contributed by atoms with E-state index in [1.54, 1.807) is 38.5 Å². The zero-order valence-corrected chi connectivity index (χ0v) is 16.4. The van der Waals surface area contributed by atoms with Gasteiger partial charge in [0.1, 0.15) is 0 Å². The summed E-state index contributed by atoms with van der Waals surface area (Å²) in [5.41, 5.74) is 0.768. The number of hydrogen-bond donors (Lipinski definition) is 0. The summed E-state index contributed by atoms with van der Waals surface area (Å²) in [5.74, 6) is 0.480. The molecule has 0 unspecified atom stereocenters. The van der Waals surface area contributed by atoms with E-state index in [1.165, 1.54) is 32.3 Å². The van der Waals surface area contributed by atoms with Gasteiger partial charge in [0.05, 0.1) is 34.3 Å². The van der Waals surface area contributed by atoms with Crippen molar-refractivity contribution in [1.29, 1.82) is 0 Å². The number of carbonyl (C=O) groups excluding carboxylic acids is 2. The molecule has 27 heavy (non-hydrogen) atoms. The second kappa shape index (κ2) is 11.9. The molecule has 0 heterocycles. The van der Waals surface area contributed by atoms with Crippen molar-refractivity contribution >= 4 is 18.0 Å². The van der Waals surface area contributed by atoms with E-state index in [2.05, 4.69) is 4.74 Å². The van der Waals surface area contributed by atoms with Gasteiger partial charge in [-0.05, 0) is 23.8 Å². The summed E-state index contributed by atoms with van der Waals surface area (Å²) in [4.78, 5) is 25.5. The number of nitrogens with zero attached hydrogens (tertiary/aromatic N) is 1. The van der Waals surface area contributed by atoms with Crippen molar-refractivity contribution in [3.8, 4) is 11.5 Å². The number of benzene rings is 1. The van der Waals surface area contributed by atoms with Crippen molar-refractivity contribution in [2.75, 3.05) is 48.6 Å². The van der Waals surface area contributed by atoms with E-state index in [9.17, 15) is 9.59 Å². The molecule has 150 valence electrons. The third-order valence-corrected chi connectivity index (χ3v) is 3.85. The van der Waals surface area contributed by atoms with Crippen LogP contribution in [0.3, 0.4) is 0 Å². The highest BCUT2D eigenvalue weighted by atomic mass is 16.7. The molecule has 1 amide bonds. The molecule has 0 saturated heterocycles. The lowest BCUT2D eigenvalue weighted by atomic mass is 10.2. The Morgan fingerprint density at radius 3 is 2.26 bits per heavy atom. The number of methoxy groups -OCH3 is 5. The van der Waals surface area contributed by atoms with Gasteiger partial charge in [-0.2, -0.15) is 0 Å². The molecule has 0 radical (unpaired) electrons. The molecule has 8 heteroatoms. The Morgan fingerprint density at radius 2 is 1.70 bits per heavy atom. The molecule has 1 aromatic carbocycles. The maximum Gasteiger partial charge on any atom is 0.307 e. The van der Waals surface area contributed by atoms with Crippen molar-refractivity contribution in [3.05, 3.63) is 29.8 Å². The first-order valence-corrected chi connectivity index (χ1v) is 8.30. The van der Waals surface area contributed by atoms with Crippen LogP contribution in [-0.4, -0.2) is 71.7 Å². The summed E-state index contributed by atoms with van der Waals surface area (Å²) in [6.45, 7) is 0.365. The van der Waals surface area contributed by atoms with Crippen LogP contribution >= 0.6 is 0 Å². The SMILES string of the molecule is COC(=O)CCN(CC(OC)OC)C(=O)/C=C/c1ccc(OC)c(OC)c1. The highest BCUT2D eigenvalue weighted by Gasteiger charge is 2.18. The Hall–Kier alpha value is -2.58. The van der Waals surface area contributed by atoms with Crippen LogP contribution in [0.25, 0.3) is 6.08 Å². The average molecular weight is 381 g/mol. The molecule has 0 aliphatic rings. The number of esters is 1. The van der Waals surface area contributed by atoms with Crippen molar-refractivity contribution in [2.45, 2.75) is 12.7 Å². The summed E-state index contributed by atoms with van der Waals surface area (Å²) in [6.07, 6.45) is 2.55. The molecule has 0 aliphatic heterocycles. The first-order valence-electron chi connectivity index (χ1n) is 8.30. The molecule has 8 nitrogen and oxygen atoms in total. The summed E-state index contributed by atoms with van der Waals surface area (Å²) in [7, 11) is 7.37. The van der Waals surface area contributed by atoms with Gasteiger partial charge >= 0.3 is 5.97 Å². The van der Waals surface area contributed by atoms with E-state index in [0.717, 1.165) is 5.56 Å². The van der Waals surface area contributed by atoms with Gasteiger partial charge in [0.15, 0.2) is 17.8 Å². The third-order valence-electron chi connectivity index (χ3n) is 3.85. The van der Waals surface area contributed by atoms with E-state index in [1.807, 2.05) is 0 Å². The zero-order valence-electron chi connectivity index (χ0n) is 16.4. The lowest BCUT2D eigenvalue weighted by molar-refractivity contribution is -0.146. The highest BCUT2D eigenvalue weighted by molar-refractivity contribution is 5.92. The maximum atomic E-state index is 12.6. The van der Waals surface area contributed by atoms with Gasteiger partial charge in [0, 0.05) is 26.8 Å². The summed E-state index contributed by atoms with van der Waals surface area (Å²) < 4.78 is 25.4. The fourth-order valence-corrected chi connectivity index (χ4v) is 2.27. The Kier molecular flexibility index (Phi) is 9.92. The van der Waals surface area contributed by atoms with Crippen LogP contribution in [0.1, 0.15) is 12.0 Å². The van der Waals surface area contributed by atoms with Gasteiger partial charge < -0.3 is 28.6 Å². The Labute approximate surface area is 159 Å². The maximum absolute atomic E-state index is 12.6. The number of ether oxygens (including phenoxy) is 5. The molecule has 1 rings (SSSR count). The quantitative estimate of drug-likeness (QED) is 0.328. The van der Waals surface area contributed by atoms with Gasteiger partial charge in [-0.15, -0.1) is 0 Å². The molecule has 0 fully saturated rings. The smallest absolute Gasteiger partial charge is 0.307 e. The van der Waals surface area contributed by atoms with Crippen molar-refractivity contribution in [3.63, 3.8) is 0 Å². The molecule has 0 N–H and O–H groups in total. The lowest BCUT2D eigenvalue weighted by Gasteiger charge is -2.25. The van der Waals surface area contributed by atoms with Crippen LogP contribution in [0.5, 0.6) is 11.5 Å². The second-order valence-electron chi connectivity index (χ2n) is 5.46. The molecule has 0 atom stereocenters. The Morgan fingerprint density at radius 1 is 1.04 bits per heavy atom. The van der Waals surface area contributed by atoms with Gasteiger partial charge in [-0.3, -0.25) is 9.59 Å². The lowest BCUT2D eigenvalue weighted by Crippen LogP contribution is -2.39. The topological polar surface area (TPSA) is 83.5 Å². The zero-order chi connectivity index (χ0) is 20.2. The monoisotopic (exact) mass is 381 g/mol. The molecule has 0 aliphatic carbocycles. The normalized spacial score (nSPS) is 10.9. The van der Waals surface area contributed by atoms with E-state index < -0.39 is 12.3 Å². The van der Waals surface area contributed by atoms with Crippen LogP contribution in [-0.2, 0) is 23.8 Å². The van der Waals surface area contributed by atoms with Gasteiger partial charge in [0.2, 0.25) is 5.91 Å². The number of carbonyl (C=O) groups is 2. The van der Waals surface area contributed by atoms with Gasteiger partial charge in [0.25, 0.3) is 0 Å². The molecule has 0 saturated carbocycles. The Bertz CT molecular complexity index is 641. The van der Waals surface area contributed by atoms with Crippen molar-refractivity contribution < 1.29 is 33.3 Å². The minimum absolute atomic E-state index is 0.0760. The number of rotatable bonds is 11. The molecule has 0 aromatic heterocycles. The number of amides is 1. The predicted molar refractivity (Wildman–Crippen MR) is 99.6 cm³/mol. The Balaban J connectivity index is 2.89. The fourth-order valence-electron chi connectivity index (χ4n) is 2.27. The van der Waals surface area contributed by atoms with Crippen LogP contribution in [0.15, 0.2) is 24.3 Å². The molecule has 0 spiro atoms. The van der Waals surface area contributed by atoms with Gasteiger partial charge in [-0.1, -0.05) is 6.07 Å². The van der Waals surface area contributed by atoms with E-state index in [-0.39, 0.29) is 25.4 Å². The van der Waals surface area contributed by atoms with Crippen molar-refractivity contribution in [2.24, 2.45) is 0 Å².